The van der Waals surface area contributed by atoms with E-state index in [4.69, 9.17) is 0 Å². The molecule has 1 N–H and O–H groups in total. The minimum Gasteiger partial charge on any atom is -0.354 e. The van der Waals surface area contributed by atoms with Gasteiger partial charge in [-0.1, -0.05) is 12.1 Å². The molecular weight excluding hydrogens is 286 g/mol. The Morgan fingerprint density at radius 3 is 2.70 bits per heavy atom. The minimum atomic E-state index is -4.07. The lowest BCUT2D eigenvalue weighted by atomic mass is 10.2. The summed E-state index contributed by atoms with van der Waals surface area (Å²) >= 11 is 0. The molecule has 20 heavy (non-hydrogen) atoms. The lowest BCUT2D eigenvalue weighted by molar-refractivity contribution is -0.387. The van der Waals surface area contributed by atoms with Crippen molar-refractivity contribution < 1.29 is 18.1 Å². The topological polar surface area (TPSA) is 110 Å². The summed E-state index contributed by atoms with van der Waals surface area (Å²) in [5, 5.41) is 13.5. The fourth-order valence-electron chi connectivity index (χ4n) is 2.07. The summed E-state index contributed by atoms with van der Waals surface area (Å²) in [6, 6.07) is 4.06. The van der Waals surface area contributed by atoms with Crippen molar-refractivity contribution in [3.05, 3.63) is 33.9 Å². The number of benzene rings is 1. The van der Waals surface area contributed by atoms with Crippen molar-refractivity contribution in [2.24, 2.45) is 0 Å². The highest BCUT2D eigenvalue weighted by Gasteiger charge is 2.35. The number of hydrogen-bond donors (Lipinski definition) is 1. The molecule has 0 unspecified atom stereocenters. The minimum absolute atomic E-state index is 0.0968. The Labute approximate surface area is 115 Å². The Morgan fingerprint density at radius 1 is 1.40 bits per heavy atom. The van der Waals surface area contributed by atoms with Crippen molar-refractivity contribution in [2.75, 3.05) is 19.6 Å². The molecule has 1 heterocycles. The van der Waals surface area contributed by atoms with Gasteiger partial charge >= 0.3 is 0 Å². The van der Waals surface area contributed by atoms with Crippen molar-refractivity contribution in [1.82, 2.24) is 9.62 Å². The third-order valence-corrected chi connectivity index (χ3v) is 5.03. The van der Waals surface area contributed by atoms with Crippen molar-refractivity contribution >= 4 is 21.6 Å². The van der Waals surface area contributed by atoms with Gasteiger partial charge in [0.1, 0.15) is 0 Å². The van der Waals surface area contributed by atoms with Gasteiger partial charge in [-0.05, 0) is 12.5 Å². The van der Waals surface area contributed by atoms with E-state index in [1.54, 1.807) is 0 Å². The van der Waals surface area contributed by atoms with Gasteiger partial charge in [-0.3, -0.25) is 14.9 Å². The quantitative estimate of drug-likeness (QED) is 0.625. The molecule has 0 radical (unpaired) electrons. The van der Waals surface area contributed by atoms with E-state index in [-0.39, 0.29) is 30.1 Å². The molecule has 9 heteroatoms. The molecular formula is C11H13N3O5S. The van der Waals surface area contributed by atoms with Crippen LogP contribution in [0.25, 0.3) is 0 Å². The third-order valence-electron chi connectivity index (χ3n) is 2.99. The Kier molecular flexibility index (Phi) is 3.73. The summed E-state index contributed by atoms with van der Waals surface area (Å²) in [5.74, 6) is -0.420. The Bertz CT molecular complexity index is 671. The highest BCUT2D eigenvalue weighted by Crippen LogP contribution is 2.29. The zero-order valence-electron chi connectivity index (χ0n) is 10.7. The van der Waals surface area contributed by atoms with Crippen LogP contribution in [0.4, 0.5) is 5.69 Å². The predicted octanol–water partition coefficient (Wildman–Crippen LogP) is 0.0237. The van der Waals surface area contributed by atoms with E-state index in [0.717, 1.165) is 10.4 Å². The Morgan fingerprint density at radius 2 is 2.10 bits per heavy atom. The van der Waals surface area contributed by atoms with Crippen molar-refractivity contribution in [3.63, 3.8) is 0 Å². The summed E-state index contributed by atoms with van der Waals surface area (Å²) in [4.78, 5) is 21.2. The van der Waals surface area contributed by atoms with Crippen LogP contribution in [-0.4, -0.2) is 43.2 Å². The zero-order chi connectivity index (χ0) is 14.9. The van der Waals surface area contributed by atoms with Crippen LogP contribution in [0.5, 0.6) is 0 Å². The van der Waals surface area contributed by atoms with Gasteiger partial charge < -0.3 is 5.32 Å². The largest absolute Gasteiger partial charge is 0.354 e. The lowest BCUT2D eigenvalue weighted by Gasteiger charge is -2.26. The maximum Gasteiger partial charge on any atom is 0.289 e. The van der Waals surface area contributed by atoms with Crippen molar-refractivity contribution in [3.8, 4) is 0 Å². The van der Waals surface area contributed by atoms with Crippen molar-refractivity contribution in [2.45, 2.75) is 11.8 Å². The fraction of sp³-hybridized carbons (Fsp3) is 0.364. The fourth-order valence-corrected chi connectivity index (χ4v) is 3.82. The number of rotatable bonds is 3. The number of piperazine rings is 1. The first-order chi connectivity index (χ1) is 9.34. The number of carbonyl (C=O) groups excluding carboxylic acids is 1. The smallest absolute Gasteiger partial charge is 0.289 e. The number of nitro groups is 1. The number of amides is 1. The summed E-state index contributed by atoms with van der Waals surface area (Å²) in [7, 11) is -4.07. The molecule has 1 saturated heterocycles. The highest BCUT2D eigenvalue weighted by atomic mass is 32.2. The van der Waals surface area contributed by atoms with Crippen LogP contribution in [0.3, 0.4) is 0 Å². The molecule has 0 atom stereocenters. The molecule has 0 aromatic heterocycles. The SMILES string of the molecule is Cc1cccc([N+](=O)[O-])c1S(=O)(=O)N1CCNC(=O)C1. The van der Waals surface area contributed by atoms with Gasteiger partial charge in [0.25, 0.3) is 15.7 Å². The molecule has 108 valence electrons. The monoisotopic (exact) mass is 299 g/mol. The standard InChI is InChI=1S/C11H13N3O5S/c1-8-3-2-4-9(14(16)17)11(8)20(18,19)13-6-5-12-10(15)7-13/h2-4H,5-7H2,1H3,(H,12,15). The Balaban J connectivity index is 2.54. The first kappa shape index (κ1) is 14.4. The summed E-state index contributed by atoms with van der Waals surface area (Å²) in [6.07, 6.45) is 0. The molecule has 0 spiro atoms. The van der Waals surface area contributed by atoms with E-state index < -0.39 is 26.5 Å². The first-order valence-corrected chi connectivity index (χ1v) is 7.29. The van der Waals surface area contributed by atoms with E-state index in [9.17, 15) is 23.3 Å². The predicted molar refractivity (Wildman–Crippen MR) is 69.6 cm³/mol. The maximum atomic E-state index is 12.5. The van der Waals surface area contributed by atoms with Crippen molar-refractivity contribution in [1.29, 1.82) is 0 Å². The lowest BCUT2D eigenvalue weighted by Crippen LogP contribution is -2.50. The normalized spacial score (nSPS) is 16.8. The van der Waals surface area contributed by atoms with E-state index in [2.05, 4.69) is 5.32 Å². The molecule has 1 amide bonds. The summed E-state index contributed by atoms with van der Waals surface area (Å²) in [5.41, 5.74) is -0.193. The van der Waals surface area contributed by atoms with Gasteiger partial charge in [-0.25, -0.2) is 8.42 Å². The first-order valence-electron chi connectivity index (χ1n) is 5.85. The number of nitrogens with zero attached hydrogens (tertiary/aromatic N) is 2. The van der Waals surface area contributed by atoms with Gasteiger partial charge in [-0.2, -0.15) is 4.31 Å². The van der Waals surface area contributed by atoms with Gasteiger partial charge in [0.05, 0.1) is 11.5 Å². The van der Waals surface area contributed by atoms with E-state index in [1.807, 2.05) is 0 Å². The number of sulfonamides is 1. The van der Waals surface area contributed by atoms with E-state index in [1.165, 1.54) is 19.1 Å². The number of nitro benzene ring substituents is 1. The number of aryl methyl sites for hydroxylation is 1. The van der Waals surface area contributed by atoms with E-state index >= 15 is 0 Å². The second-order valence-corrected chi connectivity index (χ2v) is 6.24. The Hall–Kier alpha value is -2.00. The number of carbonyl (C=O) groups is 1. The molecule has 0 aliphatic carbocycles. The van der Waals surface area contributed by atoms with Gasteiger partial charge in [0, 0.05) is 19.2 Å². The van der Waals surface area contributed by atoms with Crippen LogP contribution in [0.1, 0.15) is 5.56 Å². The second kappa shape index (κ2) is 5.17. The molecule has 2 rings (SSSR count). The average Bonchev–Trinajstić information content (AvgIpc) is 2.38. The number of nitrogens with one attached hydrogen (secondary N) is 1. The molecule has 0 saturated carbocycles. The maximum absolute atomic E-state index is 12.5. The molecule has 1 fully saturated rings. The molecule has 1 aromatic rings. The third kappa shape index (κ3) is 2.49. The molecule has 1 aliphatic rings. The van der Waals surface area contributed by atoms with Crippen LogP contribution in [-0.2, 0) is 14.8 Å². The van der Waals surface area contributed by atoms with Crippen LogP contribution >= 0.6 is 0 Å². The molecule has 0 bridgehead atoms. The molecule has 8 nitrogen and oxygen atoms in total. The van der Waals surface area contributed by atoms with Gasteiger partial charge in [0.15, 0.2) is 4.90 Å². The molecule has 1 aliphatic heterocycles. The van der Waals surface area contributed by atoms with Gasteiger partial charge in [0.2, 0.25) is 5.91 Å². The average molecular weight is 299 g/mol. The summed E-state index contributed by atoms with van der Waals surface area (Å²) < 4.78 is 26.0. The van der Waals surface area contributed by atoms with E-state index in [0.29, 0.717) is 0 Å². The zero-order valence-corrected chi connectivity index (χ0v) is 11.5. The van der Waals surface area contributed by atoms with Crippen LogP contribution in [0.2, 0.25) is 0 Å². The summed E-state index contributed by atoms with van der Waals surface area (Å²) in [6.45, 7) is 1.45. The molecule has 1 aromatic carbocycles. The number of hydrogen-bond acceptors (Lipinski definition) is 5. The highest BCUT2D eigenvalue weighted by molar-refractivity contribution is 7.89. The van der Waals surface area contributed by atoms with Crippen LogP contribution in [0, 0.1) is 17.0 Å². The van der Waals surface area contributed by atoms with Crippen LogP contribution in [0.15, 0.2) is 23.1 Å². The van der Waals surface area contributed by atoms with Crippen LogP contribution < -0.4 is 5.32 Å². The second-order valence-electron chi connectivity index (χ2n) is 4.37. The van der Waals surface area contributed by atoms with Gasteiger partial charge in [-0.15, -0.1) is 0 Å².